The molecule has 1 aromatic carbocycles. The fourth-order valence-electron chi connectivity index (χ4n) is 2.42. The zero-order valence-electron chi connectivity index (χ0n) is 15.5. The van der Waals surface area contributed by atoms with Crippen LogP contribution < -0.4 is 14.8 Å². The lowest BCUT2D eigenvalue weighted by molar-refractivity contribution is 0.0697. The van der Waals surface area contributed by atoms with Crippen molar-refractivity contribution in [3.05, 3.63) is 29.5 Å². The molecule has 0 aliphatic rings. The molecule has 0 unspecified atom stereocenters. The number of hydrogen-bond donors (Lipinski definition) is 2. The highest BCUT2D eigenvalue weighted by atomic mass is 16.5. The fourth-order valence-corrected chi connectivity index (χ4v) is 2.42. The van der Waals surface area contributed by atoms with E-state index < -0.39 is 5.97 Å². The average Bonchev–Trinajstić information content (AvgIpc) is 2.97. The van der Waals surface area contributed by atoms with Crippen molar-refractivity contribution < 1.29 is 19.4 Å². The van der Waals surface area contributed by atoms with Crippen LogP contribution in [0.15, 0.2) is 18.2 Å². The number of nitrogens with zero attached hydrogens (tertiary/aromatic N) is 2. The van der Waals surface area contributed by atoms with Crippen molar-refractivity contribution in [2.75, 3.05) is 19.5 Å². The Labute approximate surface area is 147 Å². The number of hydrogen-bond acceptors (Lipinski definition) is 5. The van der Waals surface area contributed by atoms with E-state index in [1.165, 1.54) is 20.3 Å². The summed E-state index contributed by atoms with van der Waals surface area (Å²) >= 11 is 0. The van der Waals surface area contributed by atoms with Gasteiger partial charge in [0.15, 0.2) is 11.5 Å². The van der Waals surface area contributed by atoms with E-state index in [9.17, 15) is 9.90 Å². The highest BCUT2D eigenvalue weighted by Crippen LogP contribution is 2.35. The molecule has 25 heavy (non-hydrogen) atoms. The van der Waals surface area contributed by atoms with E-state index in [1.54, 1.807) is 6.07 Å². The minimum atomic E-state index is -1.05. The van der Waals surface area contributed by atoms with Gasteiger partial charge >= 0.3 is 5.97 Å². The summed E-state index contributed by atoms with van der Waals surface area (Å²) in [5, 5.41) is 17.3. The number of aryl methyl sites for hydroxylation is 1. The summed E-state index contributed by atoms with van der Waals surface area (Å²) in [4.78, 5) is 11.6. The number of carboxylic acid groups (broad SMARTS) is 1. The van der Waals surface area contributed by atoms with Gasteiger partial charge in [0.25, 0.3) is 0 Å². The van der Waals surface area contributed by atoms with Gasteiger partial charge in [0, 0.05) is 30.2 Å². The maximum atomic E-state index is 11.6. The monoisotopic (exact) mass is 347 g/mol. The van der Waals surface area contributed by atoms with Crippen molar-refractivity contribution in [1.29, 1.82) is 0 Å². The molecule has 0 fully saturated rings. The molecule has 0 aliphatic carbocycles. The predicted octanol–water partition coefficient (Wildman–Crippen LogP) is 3.66. The van der Waals surface area contributed by atoms with Crippen LogP contribution in [-0.4, -0.2) is 35.1 Å². The zero-order chi connectivity index (χ0) is 18.8. The Morgan fingerprint density at radius 1 is 1.20 bits per heavy atom. The molecular weight excluding hydrogens is 322 g/mol. The highest BCUT2D eigenvalue weighted by molar-refractivity contribution is 5.96. The number of nitrogens with one attached hydrogen (secondary N) is 1. The number of rotatable bonds is 6. The number of aromatic nitrogens is 2. The molecule has 0 radical (unpaired) electrons. The summed E-state index contributed by atoms with van der Waals surface area (Å²) in [6.07, 6.45) is 0. The van der Waals surface area contributed by atoms with Gasteiger partial charge in [0.2, 0.25) is 0 Å². The maximum absolute atomic E-state index is 11.6. The number of aromatic carboxylic acids is 1. The van der Waals surface area contributed by atoms with E-state index in [0.29, 0.717) is 23.7 Å². The van der Waals surface area contributed by atoms with Crippen LogP contribution in [0.4, 0.5) is 11.5 Å². The molecule has 7 nitrogen and oxygen atoms in total. The molecule has 1 heterocycles. The van der Waals surface area contributed by atoms with Crippen LogP contribution in [-0.2, 0) is 12.0 Å². The van der Waals surface area contributed by atoms with E-state index in [2.05, 4.69) is 31.2 Å². The van der Waals surface area contributed by atoms with Gasteiger partial charge in [-0.2, -0.15) is 5.10 Å². The van der Waals surface area contributed by atoms with Crippen LogP contribution in [0.2, 0.25) is 0 Å². The Bertz CT molecular complexity index is 775. The second kappa shape index (κ2) is 7.04. The average molecular weight is 347 g/mol. The molecule has 2 N–H and O–H groups in total. The van der Waals surface area contributed by atoms with Crippen LogP contribution in [0.5, 0.6) is 11.5 Å². The minimum Gasteiger partial charge on any atom is -0.493 e. The molecule has 0 saturated carbocycles. The van der Waals surface area contributed by atoms with Crippen LogP contribution in [0.25, 0.3) is 0 Å². The first-order valence-corrected chi connectivity index (χ1v) is 8.06. The standard InChI is InChI=1S/C18H25N3O4/c1-7-21-16(10-15(20-21)18(2,3)4)19-12-9-14(25-6)13(24-5)8-11(12)17(22)23/h8-10,19H,7H2,1-6H3,(H,22,23). The van der Waals surface area contributed by atoms with Crippen LogP contribution >= 0.6 is 0 Å². The molecule has 0 aliphatic heterocycles. The van der Waals surface area contributed by atoms with Crippen molar-refractivity contribution in [3.8, 4) is 11.5 Å². The molecule has 0 amide bonds. The molecular formula is C18H25N3O4. The topological polar surface area (TPSA) is 85.6 Å². The fraction of sp³-hybridized carbons (Fsp3) is 0.444. The van der Waals surface area contributed by atoms with Gasteiger partial charge in [-0.3, -0.25) is 0 Å². The minimum absolute atomic E-state index is 0.0961. The van der Waals surface area contributed by atoms with Crippen LogP contribution in [0.1, 0.15) is 43.7 Å². The summed E-state index contributed by atoms with van der Waals surface area (Å²) in [5.41, 5.74) is 1.33. The third-order valence-electron chi connectivity index (χ3n) is 3.86. The quantitative estimate of drug-likeness (QED) is 0.829. The van der Waals surface area contributed by atoms with Gasteiger partial charge in [-0.15, -0.1) is 0 Å². The van der Waals surface area contributed by atoms with Gasteiger partial charge in [-0.05, 0) is 6.92 Å². The lowest BCUT2D eigenvalue weighted by Gasteiger charge is -2.15. The molecule has 7 heteroatoms. The number of carbonyl (C=O) groups is 1. The molecule has 0 atom stereocenters. The molecule has 136 valence electrons. The van der Waals surface area contributed by atoms with Crippen molar-refractivity contribution in [3.63, 3.8) is 0 Å². The van der Waals surface area contributed by atoms with Gasteiger partial charge in [0.05, 0.1) is 31.2 Å². The van der Waals surface area contributed by atoms with E-state index in [-0.39, 0.29) is 11.0 Å². The van der Waals surface area contributed by atoms with Gasteiger partial charge in [-0.1, -0.05) is 20.8 Å². The first kappa shape index (κ1) is 18.6. The molecule has 0 saturated heterocycles. The van der Waals surface area contributed by atoms with Crippen LogP contribution in [0.3, 0.4) is 0 Å². The third kappa shape index (κ3) is 3.87. The molecule has 2 aromatic rings. The summed E-state index contributed by atoms with van der Waals surface area (Å²) in [6.45, 7) is 8.89. The Hall–Kier alpha value is -2.70. The van der Waals surface area contributed by atoms with Gasteiger partial charge < -0.3 is 19.9 Å². The Kier molecular flexibility index (Phi) is 5.25. The summed E-state index contributed by atoms with van der Waals surface area (Å²) < 4.78 is 12.3. The normalized spacial score (nSPS) is 11.3. The second-order valence-corrected chi connectivity index (χ2v) is 6.66. The van der Waals surface area contributed by atoms with Crippen molar-refractivity contribution >= 4 is 17.5 Å². The molecule has 2 rings (SSSR count). The molecule has 0 spiro atoms. The number of ether oxygens (including phenoxy) is 2. The number of anilines is 2. The number of benzene rings is 1. The molecule has 0 bridgehead atoms. The third-order valence-corrected chi connectivity index (χ3v) is 3.86. The highest BCUT2D eigenvalue weighted by Gasteiger charge is 2.21. The van der Waals surface area contributed by atoms with E-state index in [4.69, 9.17) is 9.47 Å². The summed E-state index contributed by atoms with van der Waals surface area (Å²) in [7, 11) is 2.98. The SMILES string of the molecule is CCn1nc(C(C)(C)C)cc1Nc1cc(OC)c(OC)cc1C(=O)O. The van der Waals surface area contributed by atoms with Crippen molar-refractivity contribution in [1.82, 2.24) is 9.78 Å². The summed E-state index contributed by atoms with van der Waals surface area (Å²) in [6, 6.07) is 5.00. The Balaban J connectivity index is 2.53. The van der Waals surface area contributed by atoms with E-state index in [0.717, 1.165) is 11.5 Å². The first-order valence-electron chi connectivity index (χ1n) is 8.06. The second-order valence-electron chi connectivity index (χ2n) is 6.66. The smallest absolute Gasteiger partial charge is 0.337 e. The maximum Gasteiger partial charge on any atom is 0.337 e. The van der Waals surface area contributed by atoms with Gasteiger partial charge in [-0.25, -0.2) is 9.48 Å². The lowest BCUT2D eigenvalue weighted by atomic mass is 9.92. The first-order chi connectivity index (χ1) is 11.7. The summed E-state index contributed by atoms with van der Waals surface area (Å²) in [5.74, 6) is 0.489. The van der Waals surface area contributed by atoms with Gasteiger partial charge in [0.1, 0.15) is 5.82 Å². The Morgan fingerprint density at radius 2 is 1.80 bits per heavy atom. The number of carboxylic acids is 1. The van der Waals surface area contributed by atoms with E-state index >= 15 is 0 Å². The predicted molar refractivity (Wildman–Crippen MR) is 96.4 cm³/mol. The largest absolute Gasteiger partial charge is 0.493 e. The number of methoxy groups -OCH3 is 2. The lowest BCUT2D eigenvalue weighted by Crippen LogP contribution is -2.12. The van der Waals surface area contributed by atoms with Crippen LogP contribution in [0, 0.1) is 0 Å². The van der Waals surface area contributed by atoms with Crippen molar-refractivity contribution in [2.45, 2.75) is 39.7 Å². The zero-order valence-corrected chi connectivity index (χ0v) is 15.5. The van der Waals surface area contributed by atoms with E-state index in [1.807, 2.05) is 17.7 Å². The Morgan fingerprint density at radius 3 is 2.28 bits per heavy atom. The van der Waals surface area contributed by atoms with Crippen molar-refractivity contribution in [2.24, 2.45) is 0 Å². The molecule has 1 aromatic heterocycles.